The predicted octanol–water partition coefficient (Wildman–Crippen LogP) is 2.05. The van der Waals surface area contributed by atoms with E-state index < -0.39 is 0 Å². The van der Waals surface area contributed by atoms with Crippen LogP contribution in [0.15, 0.2) is 24.3 Å². The van der Waals surface area contributed by atoms with Crippen molar-refractivity contribution in [3.05, 3.63) is 35.4 Å². The molecule has 17 heavy (non-hydrogen) atoms. The molecule has 4 heteroatoms. The minimum atomic E-state index is -0.377. The SMILES string of the molecule is CSCc1cccc(C(=O)NCCC(C)O)c1. The van der Waals surface area contributed by atoms with Gasteiger partial charge in [-0.15, -0.1) is 0 Å². The second kappa shape index (κ2) is 7.35. The lowest BCUT2D eigenvalue weighted by molar-refractivity contribution is 0.0945. The summed E-state index contributed by atoms with van der Waals surface area (Å²) in [5.41, 5.74) is 1.84. The third-order valence-corrected chi connectivity index (χ3v) is 2.97. The van der Waals surface area contributed by atoms with Crippen molar-refractivity contribution in [1.82, 2.24) is 5.32 Å². The normalized spacial score (nSPS) is 12.2. The van der Waals surface area contributed by atoms with Crippen molar-refractivity contribution in [2.75, 3.05) is 12.8 Å². The molecular formula is C13H19NO2S. The molecule has 1 unspecified atom stereocenters. The molecule has 0 fully saturated rings. The minimum absolute atomic E-state index is 0.0754. The summed E-state index contributed by atoms with van der Waals surface area (Å²) < 4.78 is 0. The Morgan fingerprint density at radius 2 is 2.29 bits per heavy atom. The smallest absolute Gasteiger partial charge is 0.251 e. The van der Waals surface area contributed by atoms with Crippen LogP contribution < -0.4 is 5.32 Å². The van der Waals surface area contributed by atoms with Crippen LogP contribution in [-0.4, -0.2) is 29.9 Å². The Hall–Kier alpha value is -1.00. The number of nitrogens with one attached hydrogen (secondary N) is 1. The van der Waals surface area contributed by atoms with Crippen molar-refractivity contribution < 1.29 is 9.90 Å². The third kappa shape index (κ3) is 5.24. The van der Waals surface area contributed by atoms with Gasteiger partial charge in [-0.1, -0.05) is 12.1 Å². The Labute approximate surface area is 107 Å². The average Bonchev–Trinajstić information content (AvgIpc) is 2.29. The van der Waals surface area contributed by atoms with Crippen LogP contribution in [0.5, 0.6) is 0 Å². The Kier molecular flexibility index (Phi) is 6.08. The maximum absolute atomic E-state index is 11.8. The van der Waals surface area contributed by atoms with E-state index in [1.807, 2.05) is 30.5 Å². The van der Waals surface area contributed by atoms with Crippen LogP contribution in [0.25, 0.3) is 0 Å². The summed E-state index contributed by atoms with van der Waals surface area (Å²) in [6.07, 6.45) is 2.24. The van der Waals surface area contributed by atoms with Crippen molar-refractivity contribution in [2.45, 2.75) is 25.2 Å². The molecule has 0 saturated carbocycles. The zero-order valence-corrected chi connectivity index (χ0v) is 11.1. The molecule has 1 aromatic carbocycles. The summed E-state index contributed by atoms with van der Waals surface area (Å²) in [5.74, 6) is 0.836. The van der Waals surface area contributed by atoms with Gasteiger partial charge in [0.2, 0.25) is 0 Å². The summed E-state index contributed by atoms with van der Waals surface area (Å²) >= 11 is 1.73. The Balaban J connectivity index is 2.53. The molecule has 0 aliphatic carbocycles. The quantitative estimate of drug-likeness (QED) is 0.816. The highest BCUT2D eigenvalue weighted by atomic mass is 32.2. The monoisotopic (exact) mass is 253 g/mol. The lowest BCUT2D eigenvalue weighted by Gasteiger charge is -2.07. The van der Waals surface area contributed by atoms with Crippen LogP contribution in [0.4, 0.5) is 0 Å². The molecule has 0 heterocycles. The lowest BCUT2D eigenvalue weighted by Crippen LogP contribution is -2.26. The van der Waals surface area contributed by atoms with Crippen molar-refractivity contribution in [2.24, 2.45) is 0 Å². The number of benzene rings is 1. The third-order valence-electron chi connectivity index (χ3n) is 2.35. The lowest BCUT2D eigenvalue weighted by atomic mass is 10.1. The topological polar surface area (TPSA) is 49.3 Å². The number of carbonyl (C=O) groups excluding carboxylic acids is 1. The first kappa shape index (κ1) is 14.1. The molecule has 94 valence electrons. The largest absolute Gasteiger partial charge is 0.393 e. The predicted molar refractivity (Wildman–Crippen MR) is 72.3 cm³/mol. The molecular weight excluding hydrogens is 234 g/mol. The first-order valence-electron chi connectivity index (χ1n) is 5.67. The van der Waals surface area contributed by atoms with Crippen molar-refractivity contribution in [1.29, 1.82) is 0 Å². The Bertz CT molecular complexity index is 366. The first-order valence-corrected chi connectivity index (χ1v) is 7.07. The standard InChI is InChI=1S/C13H19NO2S/c1-10(15)6-7-14-13(16)12-5-3-4-11(8-12)9-17-2/h3-5,8,10,15H,6-7,9H2,1-2H3,(H,14,16). The first-order chi connectivity index (χ1) is 8.13. The van der Waals surface area contributed by atoms with E-state index in [0.29, 0.717) is 18.5 Å². The summed E-state index contributed by atoms with van der Waals surface area (Å²) in [6, 6.07) is 7.63. The zero-order chi connectivity index (χ0) is 12.7. The average molecular weight is 253 g/mol. The van der Waals surface area contributed by atoms with Gasteiger partial charge in [-0.25, -0.2) is 0 Å². The summed E-state index contributed by atoms with van der Waals surface area (Å²) in [5, 5.41) is 11.9. The number of aliphatic hydroxyl groups is 1. The molecule has 0 bridgehead atoms. The van der Waals surface area contributed by atoms with Crippen LogP contribution in [0.3, 0.4) is 0 Å². The number of rotatable bonds is 6. The highest BCUT2D eigenvalue weighted by molar-refractivity contribution is 7.97. The molecule has 2 N–H and O–H groups in total. The number of carbonyl (C=O) groups is 1. The second-order valence-electron chi connectivity index (χ2n) is 4.03. The number of hydrogen-bond donors (Lipinski definition) is 2. The fourth-order valence-corrected chi connectivity index (χ4v) is 1.98. The van der Waals surface area contributed by atoms with Gasteiger partial charge in [0.25, 0.3) is 5.91 Å². The fraction of sp³-hybridized carbons (Fsp3) is 0.462. The van der Waals surface area contributed by atoms with E-state index >= 15 is 0 Å². The van der Waals surface area contributed by atoms with E-state index in [4.69, 9.17) is 5.11 Å². The van der Waals surface area contributed by atoms with Gasteiger partial charge in [-0.3, -0.25) is 4.79 Å². The second-order valence-corrected chi connectivity index (χ2v) is 4.89. The molecule has 0 aliphatic rings. The molecule has 1 amide bonds. The Morgan fingerprint density at radius 1 is 1.53 bits per heavy atom. The molecule has 0 aromatic heterocycles. The van der Waals surface area contributed by atoms with Crippen molar-refractivity contribution in [3.8, 4) is 0 Å². The molecule has 0 saturated heterocycles. The van der Waals surface area contributed by atoms with Gasteiger partial charge in [0.15, 0.2) is 0 Å². The van der Waals surface area contributed by atoms with E-state index in [-0.39, 0.29) is 12.0 Å². The zero-order valence-electron chi connectivity index (χ0n) is 10.3. The van der Waals surface area contributed by atoms with E-state index in [1.54, 1.807) is 18.7 Å². The summed E-state index contributed by atoms with van der Waals surface area (Å²) in [4.78, 5) is 11.8. The van der Waals surface area contributed by atoms with Crippen LogP contribution >= 0.6 is 11.8 Å². The van der Waals surface area contributed by atoms with Gasteiger partial charge in [0, 0.05) is 17.9 Å². The number of thioether (sulfide) groups is 1. The molecule has 1 rings (SSSR count). The fourth-order valence-electron chi connectivity index (χ4n) is 1.47. The molecule has 0 radical (unpaired) electrons. The van der Waals surface area contributed by atoms with Crippen LogP contribution in [0.2, 0.25) is 0 Å². The highest BCUT2D eigenvalue weighted by Gasteiger charge is 2.06. The molecule has 1 aromatic rings. The summed E-state index contributed by atoms with van der Waals surface area (Å²) in [6.45, 7) is 2.22. The minimum Gasteiger partial charge on any atom is -0.393 e. The van der Waals surface area contributed by atoms with E-state index in [0.717, 1.165) is 11.3 Å². The van der Waals surface area contributed by atoms with E-state index in [2.05, 4.69) is 5.32 Å². The van der Waals surface area contributed by atoms with E-state index in [9.17, 15) is 4.79 Å². The van der Waals surface area contributed by atoms with Gasteiger partial charge in [0.1, 0.15) is 0 Å². The molecule has 0 aliphatic heterocycles. The molecule has 3 nitrogen and oxygen atoms in total. The molecule has 1 atom stereocenters. The van der Waals surface area contributed by atoms with Crippen molar-refractivity contribution >= 4 is 17.7 Å². The van der Waals surface area contributed by atoms with Gasteiger partial charge >= 0.3 is 0 Å². The van der Waals surface area contributed by atoms with Gasteiger partial charge in [0.05, 0.1) is 6.10 Å². The molecule has 0 spiro atoms. The maximum Gasteiger partial charge on any atom is 0.251 e. The number of amides is 1. The Morgan fingerprint density at radius 3 is 2.94 bits per heavy atom. The van der Waals surface area contributed by atoms with E-state index in [1.165, 1.54) is 0 Å². The maximum atomic E-state index is 11.8. The van der Waals surface area contributed by atoms with Crippen LogP contribution in [0, 0.1) is 0 Å². The van der Waals surface area contributed by atoms with Crippen LogP contribution in [-0.2, 0) is 5.75 Å². The van der Waals surface area contributed by atoms with Gasteiger partial charge < -0.3 is 10.4 Å². The number of aliphatic hydroxyl groups excluding tert-OH is 1. The van der Waals surface area contributed by atoms with Gasteiger partial charge in [-0.2, -0.15) is 11.8 Å². The number of hydrogen-bond acceptors (Lipinski definition) is 3. The van der Waals surface area contributed by atoms with Gasteiger partial charge in [-0.05, 0) is 37.3 Å². The van der Waals surface area contributed by atoms with Crippen molar-refractivity contribution in [3.63, 3.8) is 0 Å². The highest BCUT2D eigenvalue weighted by Crippen LogP contribution is 2.11. The summed E-state index contributed by atoms with van der Waals surface area (Å²) in [7, 11) is 0. The van der Waals surface area contributed by atoms with Crippen LogP contribution in [0.1, 0.15) is 29.3 Å².